The first-order chi connectivity index (χ1) is 18.7. The predicted molar refractivity (Wildman–Crippen MR) is 157 cm³/mol. The molecule has 0 radical (unpaired) electrons. The first-order valence-corrected chi connectivity index (χ1v) is 13.1. The van der Waals surface area contributed by atoms with Crippen LogP contribution in [0.25, 0.3) is 0 Å². The van der Waals surface area contributed by atoms with Gasteiger partial charge in [-0.25, -0.2) is 5.43 Å². The van der Waals surface area contributed by atoms with Gasteiger partial charge in [-0.3, -0.25) is 4.90 Å². The quantitative estimate of drug-likeness (QED) is 0.224. The van der Waals surface area contributed by atoms with Crippen LogP contribution in [0.15, 0.2) is 90.0 Å². The van der Waals surface area contributed by atoms with E-state index < -0.39 is 0 Å². The van der Waals surface area contributed by atoms with Crippen molar-refractivity contribution in [2.75, 3.05) is 47.3 Å². The van der Waals surface area contributed by atoms with Crippen molar-refractivity contribution in [3.63, 3.8) is 0 Å². The molecule has 0 bridgehead atoms. The normalized spacial score (nSPS) is 13.8. The Bertz CT molecular complexity index is 1280. The lowest BCUT2D eigenvalue weighted by Crippen LogP contribution is -2.27. The van der Waals surface area contributed by atoms with Crippen molar-refractivity contribution in [1.82, 2.24) is 15.0 Å². The zero-order chi connectivity index (χ0) is 26.2. The number of nitrogens with one attached hydrogen (secondary N) is 1. The molecule has 3 aromatic carbocycles. The molecular weight excluding hydrogens is 472 g/mol. The van der Waals surface area contributed by atoms with Gasteiger partial charge >= 0.3 is 0 Å². The van der Waals surface area contributed by atoms with Crippen LogP contribution >= 0.6 is 0 Å². The van der Waals surface area contributed by atoms with E-state index in [0.717, 1.165) is 48.6 Å². The van der Waals surface area contributed by atoms with E-state index >= 15 is 0 Å². The lowest BCUT2D eigenvalue weighted by Gasteiger charge is -2.26. The highest BCUT2D eigenvalue weighted by Gasteiger charge is 2.21. The second kappa shape index (κ2) is 12.2. The van der Waals surface area contributed by atoms with Crippen LogP contribution in [0.5, 0.6) is 0 Å². The highest BCUT2D eigenvalue weighted by Crippen LogP contribution is 2.33. The summed E-state index contributed by atoms with van der Waals surface area (Å²) in [6.07, 6.45) is 6.51. The molecule has 8 nitrogen and oxygen atoms in total. The number of nitrogens with zero attached hydrogens (tertiary/aromatic N) is 7. The zero-order valence-electron chi connectivity index (χ0n) is 22.0. The third-order valence-electron chi connectivity index (χ3n) is 6.52. The van der Waals surface area contributed by atoms with Crippen LogP contribution in [0.3, 0.4) is 0 Å². The summed E-state index contributed by atoms with van der Waals surface area (Å²) in [5.41, 5.74) is 7.14. The molecule has 0 unspecified atom stereocenters. The van der Waals surface area contributed by atoms with Crippen LogP contribution in [-0.4, -0.2) is 48.4 Å². The van der Waals surface area contributed by atoms with Gasteiger partial charge in [-0.05, 0) is 54.8 Å². The molecule has 0 amide bonds. The van der Waals surface area contributed by atoms with E-state index in [-0.39, 0.29) is 0 Å². The molecule has 194 valence electrons. The highest BCUT2D eigenvalue weighted by molar-refractivity contribution is 5.81. The number of para-hydroxylation sites is 2. The van der Waals surface area contributed by atoms with Gasteiger partial charge in [-0.1, -0.05) is 61.4 Å². The number of hydrogen-bond donors (Lipinski definition) is 1. The first kappa shape index (κ1) is 25.2. The van der Waals surface area contributed by atoms with Gasteiger partial charge in [-0.15, -0.1) is 0 Å². The van der Waals surface area contributed by atoms with E-state index in [2.05, 4.69) is 61.6 Å². The van der Waals surface area contributed by atoms with Crippen LogP contribution in [0.1, 0.15) is 31.2 Å². The average molecular weight is 507 g/mol. The summed E-state index contributed by atoms with van der Waals surface area (Å²) in [5, 5.41) is 4.46. The molecule has 0 saturated carbocycles. The Hall–Kier alpha value is -4.46. The Morgan fingerprint density at radius 1 is 0.711 bits per heavy atom. The average Bonchev–Trinajstić information content (AvgIpc) is 3.25. The summed E-state index contributed by atoms with van der Waals surface area (Å²) in [6, 6.07) is 28.6. The largest absolute Gasteiger partial charge is 0.378 e. The summed E-state index contributed by atoms with van der Waals surface area (Å²) in [5.74, 6) is 1.62. The molecule has 4 aromatic rings. The van der Waals surface area contributed by atoms with Crippen molar-refractivity contribution in [3.8, 4) is 0 Å². The van der Waals surface area contributed by atoms with Crippen molar-refractivity contribution in [3.05, 3.63) is 90.5 Å². The number of hydrogen-bond acceptors (Lipinski definition) is 8. The molecule has 0 atom stereocenters. The third kappa shape index (κ3) is 6.26. The van der Waals surface area contributed by atoms with Gasteiger partial charge in [0.25, 0.3) is 0 Å². The maximum absolute atomic E-state index is 4.98. The monoisotopic (exact) mass is 506 g/mol. The van der Waals surface area contributed by atoms with E-state index in [1.165, 1.54) is 12.8 Å². The number of benzene rings is 3. The third-order valence-corrected chi connectivity index (χ3v) is 6.52. The van der Waals surface area contributed by atoms with Crippen LogP contribution in [0.4, 0.5) is 34.9 Å². The van der Waals surface area contributed by atoms with Gasteiger partial charge in [0, 0.05) is 44.2 Å². The smallest absolute Gasteiger partial charge is 0.250 e. The van der Waals surface area contributed by atoms with Crippen LogP contribution in [0, 0.1) is 0 Å². The maximum Gasteiger partial charge on any atom is 0.250 e. The topological polar surface area (TPSA) is 72.8 Å². The molecule has 1 aromatic heterocycles. The molecule has 8 heteroatoms. The fourth-order valence-electron chi connectivity index (χ4n) is 4.47. The van der Waals surface area contributed by atoms with Crippen LogP contribution < -0.4 is 20.1 Å². The molecule has 1 fully saturated rings. The van der Waals surface area contributed by atoms with E-state index in [1.807, 2.05) is 62.6 Å². The molecule has 38 heavy (non-hydrogen) atoms. The lowest BCUT2D eigenvalue weighted by molar-refractivity contribution is 0.726. The van der Waals surface area contributed by atoms with Gasteiger partial charge < -0.3 is 9.80 Å². The van der Waals surface area contributed by atoms with Gasteiger partial charge in [0.2, 0.25) is 17.8 Å². The van der Waals surface area contributed by atoms with Crippen molar-refractivity contribution in [2.45, 2.75) is 25.7 Å². The van der Waals surface area contributed by atoms with Crippen LogP contribution in [0.2, 0.25) is 0 Å². The standard InChI is InChI=1S/C30H34N8/c1-36(2)25-19-17-24(18-20-25)23-31-35-28-32-29(37-21-11-3-4-12-22-37)34-30(33-28)38(26-13-7-5-8-14-26)27-15-9-6-10-16-27/h5-10,13-20,23H,3-4,11-12,21-22H2,1-2H3,(H,32,33,34,35)/b31-23+. The fourth-order valence-corrected chi connectivity index (χ4v) is 4.47. The molecule has 2 heterocycles. The van der Waals surface area contributed by atoms with Gasteiger partial charge in [0.05, 0.1) is 6.21 Å². The Labute approximate surface area is 224 Å². The molecule has 1 saturated heterocycles. The summed E-state index contributed by atoms with van der Waals surface area (Å²) in [7, 11) is 4.05. The zero-order valence-corrected chi connectivity index (χ0v) is 22.0. The number of anilines is 6. The van der Waals surface area contributed by atoms with Crippen molar-refractivity contribution >= 4 is 41.1 Å². The van der Waals surface area contributed by atoms with Gasteiger partial charge in [-0.2, -0.15) is 20.1 Å². The Morgan fingerprint density at radius 3 is 1.89 bits per heavy atom. The van der Waals surface area contributed by atoms with E-state index in [1.54, 1.807) is 6.21 Å². The van der Waals surface area contributed by atoms with E-state index in [9.17, 15) is 0 Å². The number of rotatable bonds is 8. The number of hydrazone groups is 1. The Balaban J connectivity index is 1.50. The van der Waals surface area contributed by atoms with Crippen molar-refractivity contribution in [1.29, 1.82) is 0 Å². The second-order valence-corrected chi connectivity index (χ2v) is 9.52. The van der Waals surface area contributed by atoms with Crippen molar-refractivity contribution < 1.29 is 0 Å². The summed E-state index contributed by atoms with van der Waals surface area (Å²) < 4.78 is 0. The maximum atomic E-state index is 4.98. The minimum absolute atomic E-state index is 0.410. The lowest BCUT2D eigenvalue weighted by atomic mass is 10.2. The molecule has 5 rings (SSSR count). The summed E-state index contributed by atoms with van der Waals surface area (Å²) >= 11 is 0. The van der Waals surface area contributed by atoms with Gasteiger partial charge in [0.1, 0.15) is 0 Å². The molecule has 0 spiro atoms. The van der Waals surface area contributed by atoms with Crippen LogP contribution in [-0.2, 0) is 0 Å². The summed E-state index contributed by atoms with van der Waals surface area (Å²) in [4.78, 5) is 21.0. The van der Waals surface area contributed by atoms with E-state index in [0.29, 0.717) is 17.8 Å². The highest BCUT2D eigenvalue weighted by atomic mass is 15.4. The summed E-state index contributed by atoms with van der Waals surface area (Å²) in [6.45, 7) is 1.86. The van der Waals surface area contributed by atoms with Crippen molar-refractivity contribution in [2.24, 2.45) is 5.10 Å². The SMILES string of the molecule is CN(C)c1ccc(/C=N/Nc2nc(N3CCCCCC3)nc(N(c3ccccc3)c3ccccc3)n2)cc1. The molecule has 1 aliphatic heterocycles. The minimum atomic E-state index is 0.410. The minimum Gasteiger partial charge on any atom is -0.378 e. The Kier molecular flexibility index (Phi) is 8.08. The number of aromatic nitrogens is 3. The first-order valence-electron chi connectivity index (χ1n) is 13.1. The molecule has 0 aliphatic carbocycles. The van der Waals surface area contributed by atoms with E-state index in [4.69, 9.17) is 15.0 Å². The van der Waals surface area contributed by atoms with Gasteiger partial charge in [0.15, 0.2) is 0 Å². The predicted octanol–water partition coefficient (Wildman–Crippen LogP) is 6.23. The second-order valence-electron chi connectivity index (χ2n) is 9.52. The molecule has 1 N–H and O–H groups in total. The Morgan fingerprint density at radius 2 is 1.32 bits per heavy atom. The molecular formula is C30H34N8. The molecule has 1 aliphatic rings. The fraction of sp³-hybridized carbons (Fsp3) is 0.267.